The summed E-state index contributed by atoms with van der Waals surface area (Å²) in [7, 11) is 0. The van der Waals surface area contributed by atoms with Crippen molar-refractivity contribution in [1.29, 1.82) is 0 Å². The van der Waals surface area contributed by atoms with Crippen LogP contribution in [0.1, 0.15) is 12.0 Å². The number of rotatable bonds is 2. The first-order valence-corrected chi connectivity index (χ1v) is 4.36. The summed E-state index contributed by atoms with van der Waals surface area (Å²) in [4.78, 5) is 22.3. The van der Waals surface area contributed by atoms with Crippen molar-refractivity contribution in [2.24, 2.45) is 0 Å². The van der Waals surface area contributed by atoms with E-state index in [1.165, 1.54) is 22.6 Å². The van der Waals surface area contributed by atoms with E-state index in [1.54, 1.807) is 0 Å². The fraction of sp³-hybridized carbons (Fsp3) is 0.167. The third kappa shape index (κ3) is 1.89. The van der Waals surface area contributed by atoms with Gasteiger partial charge in [0.1, 0.15) is 5.56 Å². The average Bonchev–Trinajstić information content (AvgIpc) is 2.08. The van der Waals surface area contributed by atoms with Crippen molar-refractivity contribution in [3.63, 3.8) is 0 Å². The summed E-state index contributed by atoms with van der Waals surface area (Å²) >= 11 is 1.36. The average molecular weight is 316 g/mol. The standard InChI is InChI=1S/C6H3F2IN2O3/c7-5(8)2-1-10-6(12)3(9)4(2)11(13)14/h1,5H,(H,10,12). The molecule has 0 amide bonds. The van der Waals surface area contributed by atoms with Gasteiger partial charge in [0, 0.05) is 6.20 Å². The Hall–Kier alpha value is -1.06. The number of nitrogens with one attached hydrogen (secondary N) is 1. The topological polar surface area (TPSA) is 76.0 Å². The third-order valence-corrected chi connectivity index (χ3v) is 2.46. The molecule has 0 unspecified atom stereocenters. The number of aromatic amines is 1. The molecule has 0 bridgehead atoms. The molecular formula is C6H3F2IN2O3. The van der Waals surface area contributed by atoms with Crippen LogP contribution in [0.3, 0.4) is 0 Å². The molecule has 0 aliphatic heterocycles. The Morgan fingerprint density at radius 2 is 2.14 bits per heavy atom. The molecule has 0 saturated carbocycles. The van der Waals surface area contributed by atoms with Gasteiger partial charge in [0.15, 0.2) is 3.57 Å². The maximum atomic E-state index is 12.3. The van der Waals surface area contributed by atoms with Crippen LogP contribution in [-0.4, -0.2) is 9.91 Å². The van der Waals surface area contributed by atoms with Gasteiger partial charge < -0.3 is 4.98 Å². The minimum Gasteiger partial charge on any atom is -0.327 e. The van der Waals surface area contributed by atoms with Crippen molar-refractivity contribution in [1.82, 2.24) is 4.98 Å². The predicted molar refractivity (Wildman–Crippen MR) is 51.4 cm³/mol. The van der Waals surface area contributed by atoms with E-state index in [2.05, 4.69) is 0 Å². The zero-order valence-electron chi connectivity index (χ0n) is 6.46. The number of halogens is 3. The summed E-state index contributed by atoms with van der Waals surface area (Å²) in [6, 6.07) is 0. The van der Waals surface area contributed by atoms with Gasteiger partial charge in [-0.25, -0.2) is 8.78 Å². The van der Waals surface area contributed by atoms with Crippen LogP contribution in [0.2, 0.25) is 0 Å². The fourth-order valence-electron chi connectivity index (χ4n) is 0.861. The lowest BCUT2D eigenvalue weighted by Crippen LogP contribution is -2.14. The van der Waals surface area contributed by atoms with Gasteiger partial charge in [-0.15, -0.1) is 0 Å². The predicted octanol–water partition coefficient (Wildman–Crippen LogP) is 1.83. The zero-order chi connectivity index (χ0) is 10.9. The van der Waals surface area contributed by atoms with E-state index in [4.69, 9.17) is 0 Å². The van der Waals surface area contributed by atoms with E-state index in [-0.39, 0.29) is 3.57 Å². The lowest BCUT2D eigenvalue weighted by Gasteiger charge is -2.01. The summed E-state index contributed by atoms with van der Waals surface area (Å²) in [5.41, 5.74) is -2.36. The zero-order valence-corrected chi connectivity index (χ0v) is 8.62. The highest BCUT2D eigenvalue weighted by atomic mass is 127. The normalized spacial score (nSPS) is 10.6. The summed E-state index contributed by atoms with van der Waals surface area (Å²) in [5, 5.41) is 10.4. The van der Waals surface area contributed by atoms with Gasteiger partial charge in [0.2, 0.25) is 0 Å². The largest absolute Gasteiger partial charge is 0.327 e. The van der Waals surface area contributed by atoms with E-state index >= 15 is 0 Å². The molecule has 1 rings (SSSR count). The highest BCUT2D eigenvalue weighted by Crippen LogP contribution is 2.29. The van der Waals surface area contributed by atoms with Crippen LogP contribution >= 0.6 is 22.6 Å². The Kier molecular flexibility index (Phi) is 3.13. The summed E-state index contributed by atoms with van der Waals surface area (Å²) in [5.74, 6) is 0. The molecule has 0 spiro atoms. The third-order valence-electron chi connectivity index (χ3n) is 1.46. The number of hydrogen-bond donors (Lipinski definition) is 1. The van der Waals surface area contributed by atoms with E-state index in [9.17, 15) is 23.7 Å². The van der Waals surface area contributed by atoms with Gasteiger partial charge in [0.05, 0.1) is 4.92 Å². The van der Waals surface area contributed by atoms with Gasteiger partial charge >= 0.3 is 0 Å². The Bertz CT molecular complexity index is 432. The van der Waals surface area contributed by atoms with E-state index in [1.807, 2.05) is 4.98 Å². The molecule has 1 heterocycles. The van der Waals surface area contributed by atoms with E-state index in [0.29, 0.717) is 6.20 Å². The quantitative estimate of drug-likeness (QED) is 0.514. The van der Waals surface area contributed by atoms with Crippen LogP contribution in [0, 0.1) is 13.7 Å². The molecule has 8 heteroatoms. The number of pyridine rings is 1. The van der Waals surface area contributed by atoms with Crippen molar-refractivity contribution < 1.29 is 13.7 Å². The molecule has 1 N–H and O–H groups in total. The number of nitro groups is 1. The van der Waals surface area contributed by atoms with E-state index < -0.39 is 28.2 Å². The Balaban J connectivity index is 3.54. The highest BCUT2D eigenvalue weighted by molar-refractivity contribution is 14.1. The molecule has 0 saturated heterocycles. The molecule has 0 aliphatic rings. The molecule has 14 heavy (non-hydrogen) atoms. The number of nitrogens with zero attached hydrogens (tertiary/aromatic N) is 1. The first kappa shape index (κ1) is 11.0. The van der Waals surface area contributed by atoms with Crippen molar-refractivity contribution in [3.8, 4) is 0 Å². The minimum atomic E-state index is -2.99. The lowest BCUT2D eigenvalue weighted by atomic mass is 10.2. The van der Waals surface area contributed by atoms with Crippen LogP contribution in [0.5, 0.6) is 0 Å². The number of aromatic nitrogens is 1. The molecule has 0 aliphatic carbocycles. The van der Waals surface area contributed by atoms with Crippen LogP contribution in [0.15, 0.2) is 11.0 Å². The highest BCUT2D eigenvalue weighted by Gasteiger charge is 2.26. The molecule has 76 valence electrons. The maximum absolute atomic E-state index is 12.3. The lowest BCUT2D eigenvalue weighted by molar-refractivity contribution is -0.387. The summed E-state index contributed by atoms with van der Waals surface area (Å²) < 4.78 is 24.2. The van der Waals surface area contributed by atoms with Gasteiger partial charge in [-0.2, -0.15) is 0 Å². The summed E-state index contributed by atoms with van der Waals surface area (Å²) in [6.45, 7) is 0. The van der Waals surface area contributed by atoms with Gasteiger partial charge in [-0.1, -0.05) is 0 Å². The smallest absolute Gasteiger partial charge is 0.298 e. The molecule has 1 aromatic heterocycles. The fourth-order valence-corrected chi connectivity index (χ4v) is 1.53. The number of hydrogen-bond acceptors (Lipinski definition) is 3. The Morgan fingerprint density at radius 3 is 2.57 bits per heavy atom. The maximum Gasteiger partial charge on any atom is 0.298 e. The molecule has 1 aromatic rings. The monoisotopic (exact) mass is 316 g/mol. The number of H-pyrrole nitrogens is 1. The molecule has 0 radical (unpaired) electrons. The van der Waals surface area contributed by atoms with Crippen molar-refractivity contribution >= 4 is 28.3 Å². The van der Waals surface area contributed by atoms with Gasteiger partial charge in [-0.05, 0) is 22.6 Å². The molecule has 0 aromatic carbocycles. The van der Waals surface area contributed by atoms with Gasteiger partial charge in [-0.3, -0.25) is 14.9 Å². The van der Waals surface area contributed by atoms with Crippen LogP contribution < -0.4 is 5.56 Å². The SMILES string of the molecule is O=c1[nH]cc(C(F)F)c([N+](=O)[O-])c1I. The van der Waals surface area contributed by atoms with Crippen LogP contribution in [0.25, 0.3) is 0 Å². The first-order chi connectivity index (χ1) is 6.45. The molecule has 0 atom stereocenters. The molecule has 5 nitrogen and oxygen atoms in total. The number of alkyl halides is 2. The van der Waals surface area contributed by atoms with Crippen molar-refractivity contribution in [2.45, 2.75) is 6.43 Å². The Morgan fingerprint density at radius 1 is 1.57 bits per heavy atom. The Labute approximate surface area is 89.4 Å². The van der Waals surface area contributed by atoms with Crippen molar-refractivity contribution in [2.75, 3.05) is 0 Å². The molecule has 0 fully saturated rings. The summed E-state index contributed by atoms with van der Waals surface area (Å²) in [6.07, 6.45) is -2.33. The first-order valence-electron chi connectivity index (χ1n) is 3.28. The van der Waals surface area contributed by atoms with Crippen LogP contribution in [-0.2, 0) is 0 Å². The second kappa shape index (κ2) is 3.98. The van der Waals surface area contributed by atoms with E-state index in [0.717, 1.165) is 0 Å². The molecular weight excluding hydrogens is 313 g/mol. The van der Waals surface area contributed by atoms with Crippen molar-refractivity contribution in [3.05, 3.63) is 35.8 Å². The van der Waals surface area contributed by atoms with Crippen LogP contribution in [0.4, 0.5) is 14.5 Å². The van der Waals surface area contributed by atoms with Gasteiger partial charge in [0.25, 0.3) is 17.7 Å². The second-order valence-electron chi connectivity index (χ2n) is 2.29. The second-order valence-corrected chi connectivity index (χ2v) is 3.37. The minimum absolute atomic E-state index is 0.342.